The van der Waals surface area contributed by atoms with Gasteiger partial charge in [-0.25, -0.2) is 0 Å². The van der Waals surface area contributed by atoms with Gasteiger partial charge in [-0.2, -0.15) is 0 Å². The predicted molar refractivity (Wildman–Crippen MR) is 111 cm³/mol. The monoisotopic (exact) mass is 411 g/mol. The fraction of sp³-hybridized carbons (Fsp3) is 0.391. The van der Waals surface area contributed by atoms with E-state index in [0.717, 1.165) is 25.7 Å². The fourth-order valence-electron chi connectivity index (χ4n) is 3.81. The molecular formula is C23H25NO6. The van der Waals surface area contributed by atoms with Crippen LogP contribution in [0.25, 0.3) is 0 Å². The lowest BCUT2D eigenvalue weighted by Crippen LogP contribution is -2.40. The molecule has 2 aliphatic rings. The van der Waals surface area contributed by atoms with E-state index in [4.69, 9.17) is 18.9 Å². The minimum atomic E-state index is -0.547. The molecule has 0 radical (unpaired) electrons. The second kappa shape index (κ2) is 8.26. The number of ether oxygens (including phenoxy) is 4. The number of rotatable bonds is 6. The van der Waals surface area contributed by atoms with Gasteiger partial charge in [0.1, 0.15) is 0 Å². The van der Waals surface area contributed by atoms with Crippen molar-refractivity contribution in [1.29, 1.82) is 0 Å². The molecule has 1 saturated carbocycles. The van der Waals surface area contributed by atoms with Crippen LogP contribution < -0.4 is 24.3 Å². The van der Waals surface area contributed by atoms with Gasteiger partial charge in [-0.05, 0) is 50.1 Å². The lowest BCUT2D eigenvalue weighted by Gasteiger charge is -2.31. The normalized spacial score (nSPS) is 16.2. The molecule has 0 bridgehead atoms. The summed E-state index contributed by atoms with van der Waals surface area (Å²) in [5, 5.41) is 2.81. The van der Waals surface area contributed by atoms with Gasteiger partial charge in [0.25, 0.3) is 11.7 Å². The lowest BCUT2D eigenvalue weighted by atomic mass is 9.94. The summed E-state index contributed by atoms with van der Waals surface area (Å²) in [5.74, 6) is 1.21. The Labute approximate surface area is 175 Å². The maximum atomic E-state index is 12.4. The molecule has 0 atom stereocenters. The molecular weight excluding hydrogens is 386 g/mol. The van der Waals surface area contributed by atoms with Gasteiger partial charge in [-0.1, -0.05) is 6.42 Å². The smallest absolute Gasteiger partial charge is 0.262 e. The van der Waals surface area contributed by atoms with Gasteiger partial charge in [0.15, 0.2) is 35.4 Å². The molecule has 1 heterocycles. The Morgan fingerprint density at radius 1 is 1.00 bits per heavy atom. The molecule has 1 spiro atoms. The second-order valence-corrected chi connectivity index (χ2v) is 7.60. The number of anilines is 1. The van der Waals surface area contributed by atoms with E-state index in [0.29, 0.717) is 34.2 Å². The van der Waals surface area contributed by atoms with Crippen LogP contribution in [0.4, 0.5) is 5.69 Å². The average molecular weight is 411 g/mol. The molecule has 1 fully saturated rings. The van der Waals surface area contributed by atoms with E-state index in [-0.39, 0.29) is 18.3 Å². The molecule has 2 aromatic carbocycles. The molecule has 0 saturated heterocycles. The molecule has 1 aliphatic carbocycles. The first-order valence-corrected chi connectivity index (χ1v) is 10.1. The van der Waals surface area contributed by atoms with Crippen LogP contribution in [-0.2, 0) is 4.79 Å². The van der Waals surface area contributed by atoms with E-state index in [1.165, 1.54) is 20.5 Å². The van der Waals surface area contributed by atoms with Crippen molar-refractivity contribution < 1.29 is 28.5 Å². The standard InChI is InChI=1S/C23H25NO6/c1-15(25)16-6-8-18(20(12-16)27-2)28-14-22(26)24-17-7-9-19-21(13-17)30-23(29-19)10-4-3-5-11-23/h6-9,12-13H,3-5,10-11,14H2,1-2H3,(H,24,26). The number of ketones is 1. The van der Waals surface area contributed by atoms with E-state index in [1.807, 2.05) is 6.07 Å². The highest BCUT2D eigenvalue weighted by atomic mass is 16.7. The third-order valence-corrected chi connectivity index (χ3v) is 5.36. The first-order valence-electron chi connectivity index (χ1n) is 10.1. The number of methoxy groups -OCH3 is 1. The van der Waals surface area contributed by atoms with Crippen LogP contribution in [0, 0.1) is 0 Å². The number of nitrogens with one attached hydrogen (secondary N) is 1. The van der Waals surface area contributed by atoms with Crippen molar-refractivity contribution in [3.05, 3.63) is 42.0 Å². The summed E-state index contributed by atoms with van der Waals surface area (Å²) in [5.41, 5.74) is 1.12. The average Bonchev–Trinajstić information content (AvgIpc) is 3.08. The second-order valence-electron chi connectivity index (χ2n) is 7.60. The molecule has 7 nitrogen and oxygen atoms in total. The minimum Gasteiger partial charge on any atom is -0.493 e. The van der Waals surface area contributed by atoms with Crippen LogP contribution in [0.15, 0.2) is 36.4 Å². The molecule has 1 N–H and O–H groups in total. The summed E-state index contributed by atoms with van der Waals surface area (Å²) < 4.78 is 23.0. The predicted octanol–water partition coefficient (Wildman–Crippen LogP) is 4.35. The highest BCUT2D eigenvalue weighted by Gasteiger charge is 2.42. The third-order valence-electron chi connectivity index (χ3n) is 5.36. The van der Waals surface area contributed by atoms with Crippen molar-refractivity contribution in [1.82, 2.24) is 0 Å². The largest absolute Gasteiger partial charge is 0.493 e. The van der Waals surface area contributed by atoms with Crippen LogP contribution in [0.2, 0.25) is 0 Å². The van der Waals surface area contributed by atoms with Crippen molar-refractivity contribution in [2.45, 2.75) is 44.8 Å². The summed E-state index contributed by atoms with van der Waals surface area (Å²) in [6.07, 6.45) is 5.13. The molecule has 2 aromatic rings. The number of hydrogen-bond acceptors (Lipinski definition) is 6. The van der Waals surface area contributed by atoms with Crippen LogP contribution in [0.5, 0.6) is 23.0 Å². The van der Waals surface area contributed by atoms with Gasteiger partial charge in [0, 0.05) is 30.2 Å². The molecule has 7 heteroatoms. The molecule has 4 rings (SSSR count). The minimum absolute atomic E-state index is 0.0737. The fourth-order valence-corrected chi connectivity index (χ4v) is 3.81. The van der Waals surface area contributed by atoms with Crippen molar-refractivity contribution in [2.75, 3.05) is 19.0 Å². The number of Topliss-reactive ketones (excluding diaryl/α,β-unsaturated/α-hetero) is 1. The van der Waals surface area contributed by atoms with Gasteiger partial charge in [-0.15, -0.1) is 0 Å². The van der Waals surface area contributed by atoms with E-state index in [9.17, 15) is 9.59 Å². The third kappa shape index (κ3) is 4.20. The Morgan fingerprint density at radius 2 is 1.77 bits per heavy atom. The summed E-state index contributed by atoms with van der Waals surface area (Å²) in [6.45, 7) is 1.28. The van der Waals surface area contributed by atoms with Crippen molar-refractivity contribution in [3.63, 3.8) is 0 Å². The molecule has 158 valence electrons. The zero-order chi connectivity index (χ0) is 21.1. The number of carbonyl (C=O) groups excluding carboxylic acids is 2. The van der Waals surface area contributed by atoms with Gasteiger partial charge >= 0.3 is 0 Å². The van der Waals surface area contributed by atoms with Crippen molar-refractivity contribution in [3.8, 4) is 23.0 Å². The zero-order valence-electron chi connectivity index (χ0n) is 17.2. The molecule has 0 unspecified atom stereocenters. The Hall–Kier alpha value is -3.22. The quantitative estimate of drug-likeness (QED) is 0.712. The highest BCUT2D eigenvalue weighted by molar-refractivity contribution is 5.95. The lowest BCUT2D eigenvalue weighted by molar-refractivity contribution is -0.118. The van der Waals surface area contributed by atoms with Gasteiger partial charge < -0.3 is 24.3 Å². The van der Waals surface area contributed by atoms with Crippen LogP contribution in [0.1, 0.15) is 49.4 Å². The number of hydrogen-bond donors (Lipinski definition) is 1. The maximum Gasteiger partial charge on any atom is 0.262 e. The summed E-state index contributed by atoms with van der Waals surface area (Å²) in [6, 6.07) is 10.2. The molecule has 30 heavy (non-hydrogen) atoms. The first-order chi connectivity index (χ1) is 14.5. The Morgan fingerprint density at radius 3 is 2.50 bits per heavy atom. The molecule has 1 amide bonds. The SMILES string of the molecule is COc1cc(C(C)=O)ccc1OCC(=O)Nc1ccc2c(c1)OC1(CCCCC1)O2. The number of fused-ring (bicyclic) bond motifs is 1. The Balaban J connectivity index is 1.37. The van der Waals surface area contributed by atoms with Gasteiger partial charge in [0.2, 0.25) is 0 Å². The van der Waals surface area contributed by atoms with Crippen LogP contribution in [-0.4, -0.2) is 31.2 Å². The van der Waals surface area contributed by atoms with Crippen LogP contribution in [0.3, 0.4) is 0 Å². The number of carbonyl (C=O) groups is 2. The van der Waals surface area contributed by atoms with Crippen molar-refractivity contribution >= 4 is 17.4 Å². The molecule has 1 aliphatic heterocycles. The first kappa shape index (κ1) is 20.1. The van der Waals surface area contributed by atoms with E-state index in [1.54, 1.807) is 30.3 Å². The maximum absolute atomic E-state index is 12.4. The van der Waals surface area contributed by atoms with E-state index in [2.05, 4.69) is 5.32 Å². The summed E-state index contributed by atoms with van der Waals surface area (Å²) >= 11 is 0. The Bertz CT molecular complexity index is 964. The summed E-state index contributed by atoms with van der Waals surface area (Å²) in [7, 11) is 1.48. The van der Waals surface area contributed by atoms with E-state index >= 15 is 0 Å². The van der Waals surface area contributed by atoms with Gasteiger partial charge in [0.05, 0.1) is 7.11 Å². The number of amides is 1. The zero-order valence-corrected chi connectivity index (χ0v) is 17.2. The van der Waals surface area contributed by atoms with Crippen LogP contribution >= 0.6 is 0 Å². The van der Waals surface area contributed by atoms with E-state index < -0.39 is 5.79 Å². The van der Waals surface area contributed by atoms with Crippen molar-refractivity contribution in [2.24, 2.45) is 0 Å². The topological polar surface area (TPSA) is 83.1 Å². The molecule has 0 aromatic heterocycles. The Kier molecular flexibility index (Phi) is 5.53. The highest BCUT2D eigenvalue weighted by Crippen LogP contribution is 2.46. The summed E-state index contributed by atoms with van der Waals surface area (Å²) in [4.78, 5) is 23.8. The van der Waals surface area contributed by atoms with Gasteiger partial charge in [-0.3, -0.25) is 9.59 Å². The number of benzene rings is 2.